The number of nitrogens with zero attached hydrogens (tertiary/aromatic N) is 2. The zero-order valence-corrected chi connectivity index (χ0v) is 11.9. The van der Waals surface area contributed by atoms with Crippen LogP contribution in [0.4, 0.5) is 0 Å². The monoisotopic (exact) mass is 252 g/mol. The van der Waals surface area contributed by atoms with Crippen LogP contribution in [-0.2, 0) is 0 Å². The minimum Gasteiger partial charge on any atom is -0.378 e. The number of rotatable bonds is 3. The Balaban J connectivity index is 1.55. The molecule has 0 aromatic heterocycles. The normalized spacial score (nSPS) is 31.3. The molecule has 0 radical (unpaired) electrons. The largest absolute Gasteiger partial charge is 0.378 e. The van der Waals surface area contributed by atoms with Gasteiger partial charge in [0.2, 0.25) is 0 Å². The summed E-state index contributed by atoms with van der Waals surface area (Å²) in [6.45, 7) is 9.39. The van der Waals surface area contributed by atoms with E-state index in [0.29, 0.717) is 17.4 Å². The van der Waals surface area contributed by atoms with E-state index < -0.39 is 0 Å². The van der Waals surface area contributed by atoms with Crippen molar-refractivity contribution < 1.29 is 5.11 Å². The highest BCUT2D eigenvalue weighted by Crippen LogP contribution is 2.44. The summed E-state index contributed by atoms with van der Waals surface area (Å²) in [5, 5.41) is 10.3. The number of likely N-dealkylation sites (tertiary alicyclic amines) is 2. The Kier molecular flexibility index (Phi) is 3.41. The fourth-order valence-corrected chi connectivity index (χ4v) is 3.81. The molecule has 3 aliphatic rings. The van der Waals surface area contributed by atoms with Crippen LogP contribution in [0.15, 0.2) is 0 Å². The molecule has 3 heteroatoms. The lowest BCUT2D eigenvalue weighted by Gasteiger charge is -2.41. The van der Waals surface area contributed by atoms with Gasteiger partial charge in [-0.2, -0.15) is 0 Å². The highest BCUT2D eigenvalue weighted by Gasteiger charge is 2.45. The lowest BCUT2D eigenvalue weighted by atomic mass is 9.77. The molecule has 3 nitrogen and oxygen atoms in total. The van der Waals surface area contributed by atoms with Gasteiger partial charge < -0.3 is 10.0 Å². The molecule has 0 bridgehead atoms. The quantitative estimate of drug-likeness (QED) is 0.831. The molecule has 104 valence electrons. The van der Waals surface area contributed by atoms with Crippen LogP contribution in [0.1, 0.15) is 46.0 Å². The summed E-state index contributed by atoms with van der Waals surface area (Å²) in [6, 6.07) is 0.692. The topological polar surface area (TPSA) is 26.7 Å². The number of aliphatic hydroxyl groups is 1. The predicted molar refractivity (Wildman–Crippen MR) is 73.3 cm³/mol. The summed E-state index contributed by atoms with van der Waals surface area (Å²) >= 11 is 0. The number of hydrogen-bond acceptors (Lipinski definition) is 3. The van der Waals surface area contributed by atoms with Gasteiger partial charge in [-0.05, 0) is 70.4 Å². The first-order valence-electron chi connectivity index (χ1n) is 7.76. The van der Waals surface area contributed by atoms with Gasteiger partial charge in [0.1, 0.15) is 6.23 Å². The summed E-state index contributed by atoms with van der Waals surface area (Å²) < 4.78 is 0. The van der Waals surface area contributed by atoms with Gasteiger partial charge >= 0.3 is 0 Å². The van der Waals surface area contributed by atoms with Crippen molar-refractivity contribution in [2.75, 3.05) is 26.2 Å². The van der Waals surface area contributed by atoms with Crippen molar-refractivity contribution in [3.63, 3.8) is 0 Å². The molecule has 0 aromatic carbocycles. The average molecular weight is 252 g/mol. The van der Waals surface area contributed by atoms with Crippen LogP contribution in [0.3, 0.4) is 0 Å². The highest BCUT2D eigenvalue weighted by molar-refractivity contribution is 4.96. The minimum atomic E-state index is -0.132. The summed E-state index contributed by atoms with van der Waals surface area (Å²) in [5.41, 5.74) is 0.529. The zero-order valence-electron chi connectivity index (χ0n) is 11.9. The Bertz CT molecular complexity index is 293. The third-order valence-corrected chi connectivity index (χ3v) is 5.47. The Morgan fingerprint density at radius 1 is 1.00 bits per heavy atom. The maximum Gasteiger partial charge on any atom is 0.110 e. The average Bonchev–Trinajstić information content (AvgIpc) is 3.13. The molecule has 3 fully saturated rings. The smallest absolute Gasteiger partial charge is 0.110 e. The van der Waals surface area contributed by atoms with Crippen LogP contribution >= 0.6 is 0 Å². The molecule has 1 saturated carbocycles. The van der Waals surface area contributed by atoms with Crippen molar-refractivity contribution in [3.05, 3.63) is 0 Å². The first-order valence-corrected chi connectivity index (χ1v) is 7.76. The third kappa shape index (κ3) is 2.45. The predicted octanol–water partition coefficient (Wildman–Crippen LogP) is 1.91. The van der Waals surface area contributed by atoms with Crippen molar-refractivity contribution in [2.45, 2.75) is 58.2 Å². The van der Waals surface area contributed by atoms with Crippen molar-refractivity contribution >= 4 is 0 Å². The van der Waals surface area contributed by atoms with Crippen LogP contribution < -0.4 is 0 Å². The molecule has 1 spiro atoms. The van der Waals surface area contributed by atoms with E-state index in [2.05, 4.69) is 23.6 Å². The van der Waals surface area contributed by atoms with Crippen molar-refractivity contribution in [2.24, 2.45) is 11.3 Å². The van der Waals surface area contributed by atoms with Crippen molar-refractivity contribution in [1.82, 2.24) is 9.80 Å². The first kappa shape index (κ1) is 12.9. The number of aliphatic hydroxyl groups excluding tert-OH is 1. The van der Waals surface area contributed by atoms with E-state index in [1.54, 1.807) is 0 Å². The summed E-state index contributed by atoms with van der Waals surface area (Å²) in [7, 11) is 0. The number of piperidine rings is 1. The molecular weight excluding hydrogens is 224 g/mol. The highest BCUT2D eigenvalue weighted by atomic mass is 16.3. The molecule has 18 heavy (non-hydrogen) atoms. The lowest BCUT2D eigenvalue weighted by Crippen LogP contribution is -2.45. The minimum absolute atomic E-state index is 0.132. The first-order chi connectivity index (χ1) is 8.60. The van der Waals surface area contributed by atoms with Crippen LogP contribution in [-0.4, -0.2) is 53.4 Å². The van der Waals surface area contributed by atoms with Gasteiger partial charge in [-0.15, -0.1) is 0 Å². The Morgan fingerprint density at radius 2 is 1.56 bits per heavy atom. The van der Waals surface area contributed by atoms with Gasteiger partial charge in [-0.1, -0.05) is 0 Å². The summed E-state index contributed by atoms with van der Waals surface area (Å²) in [4.78, 5) is 4.97. The van der Waals surface area contributed by atoms with E-state index in [4.69, 9.17) is 0 Å². The third-order valence-electron chi connectivity index (χ3n) is 5.47. The second kappa shape index (κ2) is 4.77. The Labute approximate surface area is 111 Å². The molecule has 1 atom stereocenters. The molecule has 2 heterocycles. The van der Waals surface area contributed by atoms with Crippen LogP contribution in [0.2, 0.25) is 0 Å². The maximum absolute atomic E-state index is 10.3. The van der Waals surface area contributed by atoms with Crippen LogP contribution in [0.5, 0.6) is 0 Å². The van der Waals surface area contributed by atoms with E-state index in [0.717, 1.165) is 13.1 Å². The second-order valence-corrected chi connectivity index (χ2v) is 7.10. The molecular formula is C15H28N2O. The molecule has 2 saturated heterocycles. The summed E-state index contributed by atoms with van der Waals surface area (Å²) in [6.07, 6.45) is 6.32. The number of hydrogen-bond donors (Lipinski definition) is 1. The molecule has 0 aromatic rings. The van der Waals surface area contributed by atoms with Gasteiger partial charge in [0.25, 0.3) is 0 Å². The fourth-order valence-electron chi connectivity index (χ4n) is 3.81. The van der Waals surface area contributed by atoms with Gasteiger partial charge in [0.15, 0.2) is 0 Å². The Hall–Kier alpha value is -0.120. The van der Waals surface area contributed by atoms with E-state index in [1.807, 2.05) is 0 Å². The fraction of sp³-hybridized carbons (Fsp3) is 1.00. The van der Waals surface area contributed by atoms with Gasteiger partial charge in [0.05, 0.1) is 0 Å². The van der Waals surface area contributed by atoms with Crippen molar-refractivity contribution in [1.29, 1.82) is 0 Å². The SMILES string of the molecule is CC(C)N1CCC2(CC1)CCN(C(O)C1CC1)C2. The molecule has 1 unspecified atom stereocenters. The maximum atomic E-state index is 10.3. The molecule has 1 aliphatic carbocycles. The standard InChI is InChI=1S/C15H28N2O/c1-12(2)16-8-5-15(6-9-16)7-10-17(11-15)14(18)13-3-4-13/h12-14,18H,3-11H2,1-2H3. The Morgan fingerprint density at radius 3 is 2.06 bits per heavy atom. The van der Waals surface area contributed by atoms with Gasteiger partial charge in [-0.25, -0.2) is 0 Å². The van der Waals surface area contributed by atoms with E-state index in [9.17, 15) is 5.11 Å². The van der Waals surface area contributed by atoms with E-state index in [1.165, 1.54) is 45.2 Å². The molecule has 0 amide bonds. The van der Waals surface area contributed by atoms with E-state index >= 15 is 0 Å². The molecule has 3 rings (SSSR count). The van der Waals surface area contributed by atoms with Gasteiger partial charge in [0, 0.05) is 19.1 Å². The second-order valence-electron chi connectivity index (χ2n) is 7.10. The molecule has 2 aliphatic heterocycles. The van der Waals surface area contributed by atoms with Crippen molar-refractivity contribution in [3.8, 4) is 0 Å². The lowest BCUT2D eigenvalue weighted by molar-refractivity contribution is -0.0113. The van der Waals surface area contributed by atoms with E-state index in [-0.39, 0.29) is 6.23 Å². The van der Waals surface area contributed by atoms with Crippen LogP contribution in [0, 0.1) is 11.3 Å². The van der Waals surface area contributed by atoms with Crippen LogP contribution in [0.25, 0.3) is 0 Å². The summed E-state index contributed by atoms with van der Waals surface area (Å²) in [5.74, 6) is 0.593. The molecule has 1 N–H and O–H groups in total. The van der Waals surface area contributed by atoms with Gasteiger partial charge in [-0.3, -0.25) is 4.90 Å². The zero-order chi connectivity index (χ0) is 12.8.